The van der Waals surface area contributed by atoms with E-state index in [1.165, 1.54) is 0 Å². The molecule has 0 aliphatic heterocycles. The van der Waals surface area contributed by atoms with Crippen molar-refractivity contribution in [3.63, 3.8) is 0 Å². The first kappa shape index (κ1) is 12.3. The van der Waals surface area contributed by atoms with Crippen LogP contribution in [0.25, 0.3) is 4.96 Å². The maximum atomic E-state index is 9.44. The van der Waals surface area contributed by atoms with Crippen LogP contribution in [0.3, 0.4) is 0 Å². The summed E-state index contributed by atoms with van der Waals surface area (Å²) < 4.78 is 2.09. The van der Waals surface area contributed by atoms with Crippen LogP contribution in [-0.2, 0) is 6.54 Å². The van der Waals surface area contributed by atoms with Gasteiger partial charge in [-0.05, 0) is 14.0 Å². The number of rotatable bonds is 5. The molecule has 0 amide bonds. The first-order valence-corrected chi connectivity index (χ1v) is 6.49. The smallest absolute Gasteiger partial charge is 0.195 e. The molecule has 1 unspecified atom stereocenters. The highest BCUT2D eigenvalue weighted by Gasteiger charge is 2.16. The number of hydrogen-bond donors (Lipinski definition) is 2. The van der Waals surface area contributed by atoms with E-state index in [1.807, 2.05) is 30.6 Å². The fourth-order valence-corrected chi connectivity index (χ4v) is 2.67. The second-order valence-electron chi connectivity index (χ2n) is 4.20. The van der Waals surface area contributed by atoms with Crippen molar-refractivity contribution in [1.29, 1.82) is 0 Å². The molecular formula is C11H18N4OS. The Morgan fingerprint density at radius 2 is 2.41 bits per heavy atom. The molecule has 2 aromatic heterocycles. The van der Waals surface area contributed by atoms with Gasteiger partial charge in [0.25, 0.3) is 0 Å². The molecule has 2 rings (SSSR count). The molecular weight excluding hydrogens is 236 g/mol. The zero-order chi connectivity index (χ0) is 12.4. The van der Waals surface area contributed by atoms with Crippen LogP contribution in [0.2, 0.25) is 0 Å². The van der Waals surface area contributed by atoms with Gasteiger partial charge in [-0.25, -0.2) is 4.98 Å². The number of nitrogens with one attached hydrogen (secondary N) is 1. The van der Waals surface area contributed by atoms with Crippen molar-refractivity contribution in [2.45, 2.75) is 19.6 Å². The third-order valence-corrected chi connectivity index (χ3v) is 3.34. The highest BCUT2D eigenvalue weighted by Crippen LogP contribution is 2.23. The van der Waals surface area contributed by atoms with Crippen molar-refractivity contribution in [1.82, 2.24) is 14.7 Å². The van der Waals surface area contributed by atoms with Crippen molar-refractivity contribution in [3.8, 4) is 0 Å². The normalized spacial score (nSPS) is 13.2. The van der Waals surface area contributed by atoms with Gasteiger partial charge in [0.05, 0.1) is 11.8 Å². The number of anilines is 1. The Bertz CT molecular complexity index is 491. The molecule has 0 bridgehead atoms. The fraction of sp³-hybridized carbons (Fsp3) is 0.545. The summed E-state index contributed by atoms with van der Waals surface area (Å²) in [5, 5.41) is 14.6. The fourth-order valence-electron chi connectivity index (χ4n) is 1.94. The monoisotopic (exact) mass is 254 g/mol. The van der Waals surface area contributed by atoms with Gasteiger partial charge < -0.3 is 15.3 Å². The van der Waals surface area contributed by atoms with Crippen LogP contribution in [0.15, 0.2) is 11.6 Å². The second kappa shape index (κ2) is 5.03. The van der Waals surface area contributed by atoms with E-state index in [0.717, 1.165) is 23.0 Å². The van der Waals surface area contributed by atoms with Gasteiger partial charge in [0, 0.05) is 31.7 Å². The van der Waals surface area contributed by atoms with Gasteiger partial charge in [-0.1, -0.05) is 0 Å². The molecule has 0 saturated heterocycles. The van der Waals surface area contributed by atoms with E-state index in [2.05, 4.69) is 14.7 Å². The zero-order valence-corrected chi connectivity index (χ0v) is 11.2. The molecule has 0 aliphatic rings. The molecule has 6 heteroatoms. The van der Waals surface area contributed by atoms with E-state index in [9.17, 15) is 5.11 Å². The lowest BCUT2D eigenvalue weighted by molar-refractivity contribution is 0.201. The summed E-state index contributed by atoms with van der Waals surface area (Å²) in [6.45, 7) is 3.13. The molecule has 0 fully saturated rings. The van der Waals surface area contributed by atoms with Crippen LogP contribution in [0.5, 0.6) is 0 Å². The highest BCUT2D eigenvalue weighted by molar-refractivity contribution is 7.15. The Hall–Kier alpha value is -1.11. The quantitative estimate of drug-likeness (QED) is 0.833. The van der Waals surface area contributed by atoms with E-state index >= 15 is 0 Å². The Morgan fingerprint density at radius 1 is 1.65 bits per heavy atom. The van der Waals surface area contributed by atoms with E-state index in [0.29, 0.717) is 6.54 Å². The molecule has 5 nitrogen and oxygen atoms in total. The number of aliphatic hydroxyl groups excluding tert-OH is 1. The summed E-state index contributed by atoms with van der Waals surface area (Å²) in [7, 11) is 3.88. The van der Waals surface area contributed by atoms with E-state index in [1.54, 1.807) is 18.3 Å². The molecule has 1 atom stereocenters. The summed E-state index contributed by atoms with van der Waals surface area (Å²) in [6.07, 6.45) is 1.67. The van der Waals surface area contributed by atoms with Crippen molar-refractivity contribution < 1.29 is 5.11 Å². The molecule has 17 heavy (non-hydrogen) atoms. The van der Waals surface area contributed by atoms with Crippen LogP contribution in [-0.4, -0.2) is 41.2 Å². The topological polar surface area (TPSA) is 52.8 Å². The Morgan fingerprint density at radius 3 is 3.06 bits per heavy atom. The highest BCUT2D eigenvalue weighted by atomic mass is 32.1. The van der Waals surface area contributed by atoms with Gasteiger partial charge in [-0.15, -0.1) is 11.3 Å². The number of likely N-dealkylation sites (N-methyl/N-ethyl adjacent to an activating group) is 1. The predicted molar refractivity (Wildman–Crippen MR) is 70.8 cm³/mol. The average Bonchev–Trinajstić information content (AvgIpc) is 2.79. The third-order valence-electron chi connectivity index (χ3n) is 2.58. The summed E-state index contributed by atoms with van der Waals surface area (Å²) >= 11 is 1.62. The summed E-state index contributed by atoms with van der Waals surface area (Å²) in [6, 6.07) is 0. The molecule has 0 aliphatic carbocycles. The zero-order valence-electron chi connectivity index (χ0n) is 10.3. The van der Waals surface area contributed by atoms with Gasteiger partial charge in [0.2, 0.25) is 0 Å². The van der Waals surface area contributed by atoms with Crippen LogP contribution in [0, 0.1) is 0 Å². The molecule has 2 heterocycles. The maximum Gasteiger partial charge on any atom is 0.195 e. The van der Waals surface area contributed by atoms with Gasteiger partial charge in [-0.3, -0.25) is 4.40 Å². The number of imidazole rings is 1. The largest absolute Gasteiger partial charge is 0.392 e. The average molecular weight is 254 g/mol. The number of nitrogens with zero attached hydrogens (tertiary/aromatic N) is 3. The van der Waals surface area contributed by atoms with Gasteiger partial charge in [0.15, 0.2) is 10.8 Å². The van der Waals surface area contributed by atoms with Gasteiger partial charge in [0.1, 0.15) is 0 Å². The number of thiazole rings is 1. The number of hydrogen-bond acceptors (Lipinski definition) is 5. The third kappa shape index (κ3) is 2.43. The summed E-state index contributed by atoms with van der Waals surface area (Å²) in [5.74, 6) is 0.937. The van der Waals surface area contributed by atoms with Crippen LogP contribution >= 0.6 is 11.3 Å². The molecule has 0 aromatic carbocycles. The SMILES string of the molecule is CNCc1c(N(C)CC(C)O)nc2sccn12. The molecule has 2 N–H and O–H groups in total. The maximum absolute atomic E-state index is 9.44. The van der Waals surface area contributed by atoms with Crippen molar-refractivity contribution in [3.05, 3.63) is 17.3 Å². The molecule has 0 spiro atoms. The second-order valence-corrected chi connectivity index (χ2v) is 5.07. The minimum absolute atomic E-state index is 0.359. The number of aliphatic hydroxyl groups is 1. The Labute approximate surface area is 105 Å². The van der Waals surface area contributed by atoms with Crippen molar-refractivity contribution in [2.75, 3.05) is 25.5 Å². The Kier molecular flexibility index (Phi) is 3.66. The van der Waals surface area contributed by atoms with E-state index in [-0.39, 0.29) is 6.10 Å². The van der Waals surface area contributed by atoms with Crippen LogP contribution < -0.4 is 10.2 Å². The number of aromatic nitrogens is 2. The minimum Gasteiger partial charge on any atom is -0.392 e. The first-order valence-electron chi connectivity index (χ1n) is 5.61. The van der Waals surface area contributed by atoms with Crippen molar-refractivity contribution >= 4 is 22.1 Å². The van der Waals surface area contributed by atoms with Crippen LogP contribution in [0.1, 0.15) is 12.6 Å². The predicted octanol–water partition coefficient (Wildman–Crippen LogP) is 0.932. The molecule has 2 aromatic rings. The standard InChI is InChI=1S/C11H18N4OS/c1-8(16)7-14(3)10-9(6-12-2)15-4-5-17-11(15)13-10/h4-5,8,12,16H,6-7H2,1-3H3. The Balaban J connectivity index is 2.37. The van der Waals surface area contributed by atoms with Crippen LogP contribution in [0.4, 0.5) is 5.82 Å². The van der Waals surface area contributed by atoms with Crippen molar-refractivity contribution in [2.24, 2.45) is 0 Å². The summed E-state index contributed by atoms with van der Waals surface area (Å²) in [5.41, 5.74) is 1.13. The molecule has 0 saturated carbocycles. The minimum atomic E-state index is -0.359. The lowest BCUT2D eigenvalue weighted by atomic mass is 10.3. The van der Waals surface area contributed by atoms with Gasteiger partial charge >= 0.3 is 0 Å². The lowest BCUT2D eigenvalue weighted by Gasteiger charge is -2.19. The summed E-state index contributed by atoms with van der Waals surface area (Å²) in [4.78, 5) is 7.59. The lowest BCUT2D eigenvalue weighted by Crippen LogP contribution is -2.28. The first-order chi connectivity index (χ1) is 8.13. The van der Waals surface area contributed by atoms with E-state index < -0.39 is 0 Å². The number of fused-ring (bicyclic) bond motifs is 1. The molecule has 0 radical (unpaired) electrons. The van der Waals surface area contributed by atoms with Gasteiger partial charge in [-0.2, -0.15) is 0 Å². The molecule has 94 valence electrons. The van der Waals surface area contributed by atoms with E-state index in [4.69, 9.17) is 0 Å².